The van der Waals surface area contributed by atoms with Gasteiger partial charge in [0, 0.05) is 0 Å². The summed E-state index contributed by atoms with van der Waals surface area (Å²) in [5.74, 6) is -0.740. The molecule has 5 nitrogen and oxygen atoms in total. The number of rotatable bonds is 4. The third kappa shape index (κ3) is 3.26. The fourth-order valence-corrected chi connectivity index (χ4v) is 2.46. The van der Waals surface area contributed by atoms with Crippen LogP contribution in [0.2, 0.25) is 0 Å². The molecule has 0 fully saturated rings. The summed E-state index contributed by atoms with van der Waals surface area (Å²) in [6.07, 6.45) is 1.43. The second-order valence-electron chi connectivity index (χ2n) is 4.39. The van der Waals surface area contributed by atoms with Crippen LogP contribution in [0.5, 0.6) is 0 Å². The van der Waals surface area contributed by atoms with Crippen LogP contribution in [0.3, 0.4) is 0 Å². The Balaban J connectivity index is 1.63. The van der Waals surface area contributed by atoms with Crippen LogP contribution in [0.4, 0.5) is 4.39 Å². The number of hydrazone groups is 1. The fraction of sp³-hybridized carbons (Fsp3) is 0. The predicted molar refractivity (Wildman–Crippen MR) is 83.4 cm³/mol. The van der Waals surface area contributed by atoms with Crippen molar-refractivity contribution in [3.8, 4) is 10.6 Å². The zero-order chi connectivity index (χ0) is 15.4. The second-order valence-corrected chi connectivity index (χ2v) is 5.34. The largest absolute Gasteiger partial charge is 0.291 e. The van der Waals surface area contributed by atoms with Crippen molar-refractivity contribution in [2.75, 3.05) is 0 Å². The molecule has 2 N–H and O–H groups in total. The van der Waals surface area contributed by atoms with E-state index in [9.17, 15) is 9.18 Å². The van der Waals surface area contributed by atoms with Crippen LogP contribution in [-0.2, 0) is 0 Å². The fourth-order valence-electron chi connectivity index (χ4n) is 1.77. The van der Waals surface area contributed by atoms with Crippen molar-refractivity contribution in [2.24, 2.45) is 5.10 Å². The average Bonchev–Trinajstić information content (AvgIpc) is 3.20. The highest BCUT2D eigenvalue weighted by Crippen LogP contribution is 2.22. The van der Waals surface area contributed by atoms with Crippen molar-refractivity contribution in [1.29, 1.82) is 0 Å². The number of thiophene rings is 1. The quantitative estimate of drug-likeness (QED) is 0.574. The first-order chi connectivity index (χ1) is 10.7. The molecule has 0 bridgehead atoms. The van der Waals surface area contributed by atoms with Gasteiger partial charge in [0.2, 0.25) is 0 Å². The highest BCUT2D eigenvalue weighted by atomic mass is 32.1. The molecule has 2 heterocycles. The van der Waals surface area contributed by atoms with Gasteiger partial charge < -0.3 is 0 Å². The summed E-state index contributed by atoms with van der Waals surface area (Å²) in [4.78, 5) is 12.9. The molecule has 110 valence electrons. The number of nitrogens with one attached hydrogen (secondary N) is 2. The number of halogens is 1. The van der Waals surface area contributed by atoms with E-state index >= 15 is 0 Å². The molecule has 0 radical (unpaired) electrons. The first kappa shape index (κ1) is 14.2. The van der Waals surface area contributed by atoms with Crippen LogP contribution in [0.15, 0.2) is 52.9 Å². The summed E-state index contributed by atoms with van der Waals surface area (Å²) < 4.78 is 12.8. The highest BCUT2D eigenvalue weighted by molar-refractivity contribution is 7.13. The Morgan fingerprint density at radius 1 is 1.32 bits per heavy atom. The molecule has 3 aromatic rings. The average molecular weight is 314 g/mol. The van der Waals surface area contributed by atoms with Gasteiger partial charge in [-0.25, -0.2) is 9.82 Å². The lowest BCUT2D eigenvalue weighted by Gasteiger charge is -1.95. The van der Waals surface area contributed by atoms with E-state index in [-0.39, 0.29) is 11.5 Å². The number of carbonyl (C=O) groups is 1. The van der Waals surface area contributed by atoms with Gasteiger partial charge >= 0.3 is 0 Å². The van der Waals surface area contributed by atoms with Gasteiger partial charge in [0.05, 0.1) is 16.8 Å². The van der Waals surface area contributed by atoms with Gasteiger partial charge in [-0.15, -0.1) is 11.3 Å². The third-order valence-corrected chi connectivity index (χ3v) is 3.75. The molecule has 0 aliphatic heterocycles. The lowest BCUT2D eigenvalue weighted by molar-refractivity contribution is 0.0950. The minimum Gasteiger partial charge on any atom is -0.276 e. The highest BCUT2D eigenvalue weighted by Gasteiger charge is 2.10. The standard InChI is InChI=1S/C15H11FN4OS/c16-11-5-3-10(4-6-11)9-17-20-15(21)13-8-12(18-19-13)14-2-1-7-22-14/h1-9H,(H,18,19)(H,20,21)/b17-9+. The number of benzene rings is 1. The van der Waals surface area contributed by atoms with Crippen LogP contribution in [0.25, 0.3) is 10.6 Å². The van der Waals surface area contributed by atoms with Gasteiger partial charge in [0.1, 0.15) is 5.82 Å². The molecule has 0 aliphatic rings. The second kappa shape index (κ2) is 6.31. The molecule has 1 aromatic carbocycles. The summed E-state index contributed by atoms with van der Waals surface area (Å²) in [6.45, 7) is 0. The number of hydrogen-bond donors (Lipinski definition) is 2. The predicted octanol–water partition coefficient (Wildman–Crippen LogP) is 3.04. The molecule has 0 aliphatic carbocycles. The lowest BCUT2D eigenvalue weighted by Crippen LogP contribution is -2.17. The summed E-state index contributed by atoms with van der Waals surface area (Å²) in [7, 11) is 0. The van der Waals surface area contributed by atoms with Crippen molar-refractivity contribution in [1.82, 2.24) is 15.6 Å². The van der Waals surface area contributed by atoms with Gasteiger partial charge in [-0.05, 0) is 35.2 Å². The minimum atomic E-state index is -0.419. The third-order valence-electron chi connectivity index (χ3n) is 2.85. The summed E-state index contributed by atoms with van der Waals surface area (Å²) in [6, 6.07) is 11.3. The van der Waals surface area contributed by atoms with Crippen molar-refractivity contribution in [3.63, 3.8) is 0 Å². The van der Waals surface area contributed by atoms with Crippen LogP contribution in [-0.4, -0.2) is 22.3 Å². The van der Waals surface area contributed by atoms with E-state index < -0.39 is 5.91 Å². The molecule has 1 amide bonds. The van der Waals surface area contributed by atoms with Crippen molar-refractivity contribution >= 4 is 23.5 Å². The molecule has 0 atom stereocenters. The van der Waals surface area contributed by atoms with Crippen LogP contribution in [0, 0.1) is 5.82 Å². The maximum atomic E-state index is 12.8. The maximum Gasteiger partial charge on any atom is 0.291 e. The van der Waals surface area contributed by atoms with Gasteiger partial charge in [-0.1, -0.05) is 18.2 Å². The Bertz CT molecular complexity index is 793. The first-order valence-electron chi connectivity index (χ1n) is 6.40. The molecule has 2 aromatic heterocycles. The van der Waals surface area contributed by atoms with Gasteiger partial charge in [0.25, 0.3) is 5.91 Å². The molecule has 0 saturated heterocycles. The van der Waals surface area contributed by atoms with Crippen molar-refractivity contribution in [2.45, 2.75) is 0 Å². The molecular formula is C15H11FN4OS. The maximum absolute atomic E-state index is 12.8. The molecule has 0 saturated carbocycles. The number of nitrogens with zero attached hydrogens (tertiary/aromatic N) is 2. The monoisotopic (exact) mass is 314 g/mol. The van der Waals surface area contributed by atoms with E-state index in [4.69, 9.17) is 0 Å². The summed E-state index contributed by atoms with van der Waals surface area (Å²) in [5.41, 5.74) is 4.09. The number of H-pyrrole nitrogens is 1. The van der Waals surface area contributed by atoms with Crippen molar-refractivity contribution in [3.05, 3.63) is 64.9 Å². The topological polar surface area (TPSA) is 70.1 Å². The zero-order valence-electron chi connectivity index (χ0n) is 11.3. The molecule has 3 rings (SSSR count). The Kier molecular flexibility index (Phi) is 4.06. The molecule has 0 spiro atoms. The normalized spacial score (nSPS) is 11.0. The number of carbonyl (C=O) groups excluding carboxylic acids is 1. The van der Waals surface area contributed by atoms with Crippen LogP contribution >= 0.6 is 11.3 Å². The molecule has 7 heteroatoms. The number of hydrogen-bond acceptors (Lipinski definition) is 4. The smallest absolute Gasteiger partial charge is 0.276 e. The molecular weight excluding hydrogens is 303 g/mol. The van der Waals surface area contributed by atoms with E-state index in [1.807, 2.05) is 17.5 Å². The van der Waals surface area contributed by atoms with E-state index in [0.717, 1.165) is 10.6 Å². The Hall–Kier alpha value is -2.80. The van der Waals surface area contributed by atoms with Gasteiger partial charge in [-0.3, -0.25) is 9.89 Å². The summed E-state index contributed by atoms with van der Waals surface area (Å²) >= 11 is 1.55. The SMILES string of the molecule is O=C(N/N=C/c1ccc(F)cc1)c1cc(-c2cccs2)[nH]n1. The van der Waals surface area contributed by atoms with Crippen LogP contribution in [0.1, 0.15) is 16.1 Å². The Morgan fingerprint density at radius 3 is 2.86 bits per heavy atom. The number of amides is 1. The minimum absolute atomic E-state index is 0.250. The lowest BCUT2D eigenvalue weighted by atomic mass is 10.2. The first-order valence-corrected chi connectivity index (χ1v) is 7.28. The Labute approximate surface area is 129 Å². The van der Waals surface area contributed by atoms with E-state index in [2.05, 4.69) is 20.7 Å². The van der Waals surface area contributed by atoms with E-state index in [1.165, 1.54) is 18.3 Å². The zero-order valence-corrected chi connectivity index (χ0v) is 12.1. The van der Waals surface area contributed by atoms with Gasteiger partial charge in [0.15, 0.2) is 5.69 Å². The number of aromatic amines is 1. The van der Waals surface area contributed by atoms with E-state index in [1.54, 1.807) is 29.5 Å². The molecule has 22 heavy (non-hydrogen) atoms. The van der Waals surface area contributed by atoms with Crippen molar-refractivity contribution < 1.29 is 9.18 Å². The molecule has 0 unspecified atom stereocenters. The Morgan fingerprint density at radius 2 is 2.14 bits per heavy atom. The van der Waals surface area contributed by atoms with E-state index in [0.29, 0.717) is 5.56 Å². The van der Waals surface area contributed by atoms with Gasteiger partial charge in [-0.2, -0.15) is 10.2 Å². The number of aromatic nitrogens is 2. The van der Waals surface area contributed by atoms with Crippen LogP contribution < -0.4 is 5.43 Å². The summed E-state index contributed by atoms with van der Waals surface area (Å²) in [5, 5.41) is 12.5.